The van der Waals surface area contributed by atoms with E-state index in [1.165, 1.54) is 12.8 Å². The topological polar surface area (TPSA) is 78.0 Å². The molecule has 0 unspecified atom stereocenters. The number of sulfonamides is 1. The molecule has 0 aromatic carbocycles. The van der Waals surface area contributed by atoms with Gasteiger partial charge in [0.05, 0.1) is 0 Å². The molecule has 0 amide bonds. The maximum Gasteiger partial charge on any atom is 0.257 e. The van der Waals surface area contributed by atoms with E-state index < -0.39 is 10.0 Å². The Hall–Kier alpha value is -0.880. The van der Waals surface area contributed by atoms with Crippen LogP contribution < -0.4 is 5.14 Å². The number of rotatable bonds is 3. The van der Waals surface area contributed by atoms with Crippen LogP contribution in [0.4, 0.5) is 0 Å². The van der Waals surface area contributed by atoms with E-state index in [9.17, 15) is 8.42 Å². The van der Waals surface area contributed by atoms with Crippen LogP contribution in [0.5, 0.6) is 0 Å². The van der Waals surface area contributed by atoms with Crippen LogP contribution in [-0.2, 0) is 16.4 Å². The molecule has 0 bridgehead atoms. The van der Waals surface area contributed by atoms with E-state index in [0.717, 1.165) is 31.0 Å². The van der Waals surface area contributed by atoms with E-state index in [0.29, 0.717) is 6.04 Å². The van der Waals surface area contributed by atoms with Gasteiger partial charge < -0.3 is 4.57 Å². The summed E-state index contributed by atoms with van der Waals surface area (Å²) in [4.78, 5) is 4.14. The van der Waals surface area contributed by atoms with Gasteiger partial charge >= 0.3 is 0 Å². The van der Waals surface area contributed by atoms with Gasteiger partial charge in [-0.05, 0) is 31.6 Å². The first-order valence-corrected chi connectivity index (χ1v) is 8.07. The monoisotopic (exact) mass is 271 g/mol. The molecule has 1 fully saturated rings. The Morgan fingerprint density at radius 3 is 2.50 bits per heavy atom. The summed E-state index contributed by atoms with van der Waals surface area (Å²) >= 11 is 0. The molecular weight excluding hydrogens is 250 g/mol. The second-order valence-corrected chi connectivity index (χ2v) is 6.72. The molecule has 102 valence electrons. The van der Waals surface area contributed by atoms with Crippen LogP contribution >= 0.6 is 0 Å². The number of hydrogen-bond donors (Lipinski definition) is 1. The van der Waals surface area contributed by atoms with Crippen molar-refractivity contribution in [1.82, 2.24) is 9.55 Å². The van der Waals surface area contributed by atoms with Crippen LogP contribution in [0.15, 0.2) is 11.2 Å². The predicted octanol–water partition coefficient (Wildman–Crippen LogP) is 1.84. The summed E-state index contributed by atoms with van der Waals surface area (Å²) in [6.45, 7) is 4.25. The molecule has 2 rings (SSSR count). The van der Waals surface area contributed by atoms with Crippen molar-refractivity contribution in [2.24, 2.45) is 11.1 Å². The van der Waals surface area contributed by atoms with E-state index in [1.807, 2.05) is 11.5 Å². The zero-order chi connectivity index (χ0) is 13.3. The smallest absolute Gasteiger partial charge is 0.257 e. The third kappa shape index (κ3) is 2.75. The normalized spacial score (nSPS) is 25.3. The van der Waals surface area contributed by atoms with Crippen molar-refractivity contribution >= 4 is 10.0 Å². The van der Waals surface area contributed by atoms with Crippen LogP contribution in [-0.4, -0.2) is 18.0 Å². The molecule has 5 nitrogen and oxygen atoms in total. The molecule has 0 spiro atoms. The largest absolute Gasteiger partial charge is 0.330 e. The van der Waals surface area contributed by atoms with Gasteiger partial charge in [-0.2, -0.15) is 0 Å². The average molecular weight is 271 g/mol. The molecule has 18 heavy (non-hydrogen) atoms. The fraction of sp³-hybridized carbons (Fsp3) is 0.750. The van der Waals surface area contributed by atoms with Crippen LogP contribution in [0, 0.1) is 5.92 Å². The minimum Gasteiger partial charge on any atom is -0.330 e. The quantitative estimate of drug-likeness (QED) is 0.911. The lowest BCUT2D eigenvalue weighted by Gasteiger charge is -2.28. The summed E-state index contributed by atoms with van der Waals surface area (Å²) in [6.07, 6.45) is 6.90. The Balaban J connectivity index is 2.29. The molecule has 1 aliphatic rings. The summed E-state index contributed by atoms with van der Waals surface area (Å²) in [5.74, 6) is 1.59. The highest BCUT2D eigenvalue weighted by molar-refractivity contribution is 7.89. The maximum atomic E-state index is 11.4. The third-order valence-corrected chi connectivity index (χ3v) is 4.55. The van der Waals surface area contributed by atoms with Crippen molar-refractivity contribution in [3.05, 3.63) is 12.0 Å². The average Bonchev–Trinajstić information content (AvgIpc) is 2.73. The molecule has 0 atom stereocenters. The molecule has 1 aromatic rings. The summed E-state index contributed by atoms with van der Waals surface area (Å²) in [5, 5.41) is 5.14. The summed E-state index contributed by atoms with van der Waals surface area (Å²) in [6, 6.07) is 0.374. The highest BCUT2D eigenvalue weighted by atomic mass is 32.2. The zero-order valence-electron chi connectivity index (χ0n) is 11.0. The van der Waals surface area contributed by atoms with E-state index in [4.69, 9.17) is 5.14 Å². The standard InChI is InChI=1S/C12H21N3O2S/c1-3-11-14-12(18(13,16)17)8-15(11)10-6-4-9(2)5-7-10/h8-10H,3-7H2,1-2H3,(H2,13,16,17). The number of nitrogens with zero attached hydrogens (tertiary/aromatic N) is 2. The second kappa shape index (κ2) is 5.01. The minimum atomic E-state index is -3.70. The van der Waals surface area contributed by atoms with E-state index in [2.05, 4.69) is 11.9 Å². The van der Waals surface area contributed by atoms with Crippen molar-refractivity contribution in [3.8, 4) is 0 Å². The lowest BCUT2D eigenvalue weighted by molar-refractivity contribution is 0.285. The summed E-state index contributed by atoms with van der Waals surface area (Å²) < 4.78 is 24.7. The number of aromatic nitrogens is 2. The molecule has 1 heterocycles. The first kappa shape index (κ1) is 13.5. The Morgan fingerprint density at radius 1 is 1.39 bits per heavy atom. The number of primary sulfonamides is 1. The maximum absolute atomic E-state index is 11.4. The van der Waals surface area contributed by atoms with Crippen LogP contribution in [0.1, 0.15) is 51.4 Å². The highest BCUT2D eigenvalue weighted by Gasteiger charge is 2.24. The van der Waals surface area contributed by atoms with Crippen molar-refractivity contribution in [3.63, 3.8) is 0 Å². The van der Waals surface area contributed by atoms with Crippen molar-refractivity contribution in [2.45, 2.75) is 57.0 Å². The fourth-order valence-corrected chi connectivity index (χ4v) is 3.14. The Kier molecular flexibility index (Phi) is 3.77. The third-order valence-electron chi connectivity index (χ3n) is 3.77. The van der Waals surface area contributed by atoms with Gasteiger partial charge in [0, 0.05) is 18.7 Å². The SMILES string of the molecule is CCc1nc(S(N)(=O)=O)cn1C1CCC(C)CC1. The van der Waals surface area contributed by atoms with Gasteiger partial charge in [0.2, 0.25) is 0 Å². The van der Waals surface area contributed by atoms with E-state index >= 15 is 0 Å². The van der Waals surface area contributed by atoms with Gasteiger partial charge in [-0.25, -0.2) is 18.5 Å². The van der Waals surface area contributed by atoms with Crippen LogP contribution in [0.2, 0.25) is 0 Å². The predicted molar refractivity (Wildman–Crippen MR) is 69.6 cm³/mol. The number of nitrogens with two attached hydrogens (primary N) is 1. The van der Waals surface area contributed by atoms with Gasteiger partial charge in [-0.3, -0.25) is 0 Å². The number of imidazole rings is 1. The first-order valence-electron chi connectivity index (χ1n) is 6.52. The molecular formula is C12H21N3O2S. The van der Waals surface area contributed by atoms with Crippen LogP contribution in [0.3, 0.4) is 0 Å². The molecule has 0 aliphatic heterocycles. The van der Waals surface area contributed by atoms with Crippen molar-refractivity contribution in [2.75, 3.05) is 0 Å². The zero-order valence-corrected chi connectivity index (χ0v) is 11.8. The minimum absolute atomic E-state index is 0.00188. The Morgan fingerprint density at radius 2 is 2.00 bits per heavy atom. The van der Waals surface area contributed by atoms with Gasteiger partial charge in [-0.15, -0.1) is 0 Å². The molecule has 1 aromatic heterocycles. The lowest BCUT2D eigenvalue weighted by Crippen LogP contribution is -2.18. The molecule has 2 N–H and O–H groups in total. The Bertz CT molecular complexity index is 513. The van der Waals surface area contributed by atoms with Crippen molar-refractivity contribution < 1.29 is 8.42 Å². The molecule has 6 heteroatoms. The van der Waals surface area contributed by atoms with E-state index in [-0.39, 0.29) is 5.03 Å². The molecule has 0 radical (unpaired) electrons. The fourth-order valence-electron chi connectivity index (χ4n) is 2.64. The van der Waals surface area contributed by atoms with Gasteiger partial charge in [0.1, 0.15) is 5.82 Å². The molecule has 1 aliphatic carbocycles. The molecule has 0 saturated heterocycles. The Labute approximate surface area is 108 Å². The first-order chi connectivity index (χ1) is 8.41. The number of hydrogen-bond acceptors (Lipinski definition) is 3. The van der Waals surface area contributed by atoms with Crippen molar-refractivity contribution in [1.29, 1.82) is 0 Å². The van der Waals surface area contributed by atoms with Gasteiger partial charge in [0.15, 0.2) is 5.03 Å². The highest BCUT2D eigenvalue weighted by Crippen LogP contribution is 2.33. The van der Waals surface area contributed by atoms with E-state index in [1.54, 1.807) is 6.20 Å². The molecule has 1 saturated carbocycles. The lowest BCUT2D eigenvalue weighted by atomic mass is 9.87. The van der Waals surface area contributed by atoms with Crippen LogP contribution in [0.25, 0.3) is 0 Å². The second-order valence-electron chi connectivity index (χ2n) is 5.21. The summed E-state index contributed by atoms with van der Waals surface area (Å²) in [5.41, 5.74) is 0. The van der Waals surface area contributed by atoms with Gasteiger partial charge in [0.25, 0.3) is 10.0 Å². The number of aryl methyl sites for hydroxylation is 1. The summed E-state index contributed by atoms with van der Waals surface area (Å²) in [7, 11) is -3.70. The van der Waals surface area contributed by atoms with Gasteiger partial charge in [-0.1, -0.05) is 13.8 Å².